The summed E-state index contributed by atoms with van der Waals surface area (Å²) in [4.78, 5) is 15.2. The lowest BCUT2D eigenvalue weighted by Gasteiger charge is -2.00. The van der Waals surface area contributed by atoms with Crippen molar-refractivity contribution in [2.75, 3.05) is 0 Å². The minimum absolute atomic E-state index is 0.552. The molecule has 0 aliphatic heterocycles. The molecule has 1 atom stereocenters. The molecule has 88 valence electrons. The van der Waals surface area contributed by atoms with Crippen LogP contribution in [0.4, 0.5) is 0 Å². The Morgan fingerprint density at radius 2 is 2.06 bits per heavy atom. The Kier molecular flexibility index (Phi) is 3.59. The number of benzene rings is 1. The quantitative estimate of drug-likeness (QED) is 0.939. The number of nitrogens with zero attached hydrogens (tertiary/aromatic N) is 1. The number of carboxylic acid groups (broad SMARTS) is 1. The van der Waals surface area contributed by atoms with Crippen LogP contribution in [0.15, 0.2) is 34.1 Å². The predicted octanol–water partition coefficient (Wildman–Crippen LogP) is 3.76. The zero-order chi connectivity index (χ0) is 12.4. The van der Waals surface area contributed by atoms with E-state index in [9.17, 15) is 4.79 Å². The van der Waals surface area contributed by atoms with E-state index in [0.29, 0.717) is 5.01 Å². The molecule has 3 nitrogen and oxygen atoms in total. The van der Waals surface area contributed by atoms with Crippen molar-refractivity contribution in [3.8, 4) is 11.3 Å². The second-order valence-corrected chi connectivity index (χ2v) is 5.44. The summed E-state index contributed by atoms with van der Waals surface area (Å²) >= 11 is 4.75. The zero-order valence-corrected chi connectivity index (χ0v) is 11.5. The second-order valence-electron chi connectivity index (χ2n) is 3.64. The number of carboxylic acids is 1. The number of aromatic nitrogens is 1. The molecule has 2 aromatic rings. The summed E-state index contributed by atoms with van der Waals surface area (Å²) < 4.78 is 1.01. The van der Waals surface area contributed by atoms with E-state index in [2.05, 4.69) is 20.9 Å². The van der Waals surface area contributed by atoms with Crippen LogP contribution in [0.5, 0.6) is 0 Å². The first-order valence-corrected chi connectivity index (χ1v) is 6.69. The van der Waals surface area contributed by atoms with Crippen LogP contribution in [-0.4, -0.2) is 16.1 Å². The summed E-state index contributed by atoms with van der Waals surface area (Å²) in [6.07, 6.45) is 0. The lowest BCUT2D eigenvalue weighted by atomic mass is 10.1. The molecule has 0 spiro atoms. The number of thiazole rings is 1. The molecule has 0 aliphatic carbocycles. The van der Waals surface area contributed by atoms with Gasteiger partial charge in [-0.3, -0.25) is 4.79 Å². The Morgan fingerprint density at radius 3 is 2.65 bits per heavy atom. The Morgan fingerprint density at radius 1 is 1.41 bits per heavy atom. The fraction of sp³-hybridized carbons (Fsp3) is 0.167. The van der Waals surface area contributed by atoms with Crippen LogP contribution in [0.2, 0.25) is 0 Å². The standard InChI is InChI=1S/C12H10BrNO2S/c1-7(12(15)16)11-14-10(6-17-11)8-2-4-9(13)5-3-8/h2-7H,1H3,(H,15,16)/t7-/m1/s1. The van der Waals surface area contributed by atoms with Gasteiger partial charge in [0, 0.05) is 15.4 Å². The van der Waals surface area contributed by atoms with Crippen molar-refractivity contribution in [1.82, 2.24) is 4.98 Å². The number of hydrogen-bond acceptors (Lipinski definition) is 3. The van der Waals surface area contributed by atoms with Gasteiger partial charge in [-0.15, -0.1) is 11.3 Å². The van der Waals surface area contributed by atoms with Crippen molar-refractivity contribution in [3.05, 3.63) is 39.1 Å². The van der Waals surface area contributed by atoms with Gasteiger partial charge in [0.05, 0.1) is 5.69 Å². The van der Waals surface area contributed by atoms with E-state index in [1.165, 1.54) is 11.3 Å². The maximum Gasteiger partial charge on any atom is 0.313 e. The van der Waals surface area contributed by atoms with E-state index >= 15 is 0 Å². The van der Waals surface area contributed by atoms with Crippen LogP contribution >= 0.6 is 27.3 Å². The van der Waals surface area contributed by atoms with Crippen LogP contribution in [0.1, 0.15) is 17.8 Å². The number of carbonyl (C=O) groups is 1. The third kappa shape index (κ3) is 2.73. The van der Waals surface area contributed by atoms with Gasteiger partial charge in [-0.1, -0.05) is 28.1 Å². The van der Waals surface area contributed by atoms with Gasteiger partial charge >= 0.3 is 5.97 Å². The highest BCUT2D eigenvalue weighted by atomic mass is 79.9. The van der Waals surface area contributed by atoms with E-state index in [1.807, 2.05) is 29.6 Å². The minimum Gasteiger partial charge on any atom is -0.481 e. The number of rotatable bonds is 3. The summed E-state index contributed by atoms with van der Waals surface area (Å²) in [6, 6.07) is 7.78. The Labute approximate surface area is 111 Å². The molecule has 0 saturated carbocycles. The molecule has 1 aromatic heterocycles. The van der Waals surface area contributed by atoms with E-state index in [4.69, 9.17) is 5.11 Å². The van der Waals surface area contributed by atoms with Crippen LogP contribution < -0.4 is 0 Å². The highest BCUT2D eigenvalue weighted by Gasteiger charge is 2.17. The molecular weight excluding hydrogens is 302 g/mol. The summed E-state index contributed by atoms with van der Waals surface area (Å²) in [7, 11) is 0. The Balaban J connectivity index is 2.29. The predicted molar refractivity (Wildman–Crippen MR) is 71.3 cm³/mol. The van der Waals surface area contributed by atoms with Crippen molar-refractivity contribution in [3.63, 3.8) is 0 Å². The SMILES string of the molecule is C[C@@H](C(=O)O)c1nc(-c2ccc(Br)cc2)cs1. The van der Waals surface area contributed by atoms with Crippen LogP contribution in [0.3, 0.4) is 0 Å². The zero-order valence-electron chi connectivity index (χ0n) is 9.05. The van der Waals surface area contributed by atoms with Crippen molar-refractivity contribution >= 4 is 33.2 Å². The molecule has 1 aromatic carbocycles. The summed E-state index contributed by atoms with van der Waals surface area (Å²) in [5.41, 5.74) is 1.82. The van der Waals surface area contributed by atoms with Gasteiger partial charge in [0.25, 0.3) is 0 Å². The fourth-order valence-electron chi connectivity index (χ4n) is 1.35. The van der Waals surface area contributed by atoms with Gasteiger partial charge < -0.3 is 5.11 Å². The fourth-order valence-corrected chi connectivity index (χ4v) is 2.49. The van der Waals surface area contributed by atoms with Crippen molar-refractivity contribution in [2.24, 2.45) is 0 Å². The van der Waals surface area contributed by atoms with Gasteiger partial charge in [-0.25, -0.2) is 4.98 Å². The lowest BCUT2D eigenvalue weighted by molar-refractivity contribution is -0.138. The van der Waals surface area contributed by atoms with E-state index in [-0.39, 0.29) is 0 Å². The molecule has 0 amide bonds. The third-order valence-electron chi connectivity index (χ3n) is 2.40. The molecule has 1 N–H and O–H groups in total. The first kappa shape index (κ1) is 12.3. The highest BCUT2D eigenvalue weighted by molar-refractivity contribution is 9.10. The van der Waals surface area contributed by atoms with Crippen LogP contribution in [-0.2, 0) is 4.79 Å². The number of halogens is 1. The maximum absolute atomic E-state index is 10.9. The molecule has 0 fully saturated rings. The first-order valence-electron chi connectivity index (χ1n) is 5.02. The van der Waals surface area contributed by atoms with Crippen LogP contribution in [0.25, 0.3) is 11.3 Å². The Hall–Kier alpha value is -1.20. The van der Waals surface area contributed by atoms with Gasteiger partial charge in [0.1, 0.15) is 10.9 Å². The molecule has 0 unspecified atom stereocenters. The lowest BCUT2D eigenvalue weighted by Crippen LogP contribution is -2.06. The van der Waals surface area contributed by atoms with Gasteiger partial charge in [-0.2, -0.15) is 0 Å². The number of aliphatic carboxylic acids is 1. The average Bonchev–Trinajstić information content (AvgIpc) is 2.78. The van der Waals surface area contributed by atoms with Gasteiger partial charge in [0.15, 0.2) is 0 Å². The van der Waals surface area contributed by atoms with Crippen LogP contribution in [0, 0.1) is 0 Å². The smallest absolute Gasteiger partial charge is 0.313 e. The second kappa shape index (κ2) is 4.98. The van der Waals surface area contributed by atoms with E-state index in [0.717, 1.165) is 15.7 Å². The molecule has 17 heavy (non-hydrogen) atoms. The van der Waals surface area contributed by atoms with E-state index < -0.39 is 11.9 Å². The molecule has 5 heteroatoms. The molecular formula is C12H10BrNO2S. The van der Waals surface area contributed by atoms with Gasteiger partial charge in [0.2, 0.25) is 0 Å². The van der Waals surface area contributed by atoms with Crippen molar-refractivity contribution < 1.29 is 9.90 Å². The molecule has 0 aliphatic rings. The monoisotopic (exact) mass is 311 g/mol. The van der Waals surface area contributed by atoms with E-state index in [1.54, 1.807) is 6.92 Å². The molecule has 0 radical (unpaired) electrons. The topological polar surface area (TPSA) is 50.2 Å². The average molecular weight is 312 g/mol. The largest absolute Gasteiger partial charge is 0.481 e. The summed E-state index contributed by atoms with van der Waals surface area (Å²) in [5, 5.41) is 11.4. The normalized spacial score (nSPS) is 12.4. The number of hydrogen-bond donors (Lipinski definition) is 1. The summed E-state index contributed by atoms with van der Waals surface area (Å²) in [5.74, 6) is -1.40. The third-order valence-corrected chi connectivity index (χ3v) is 3.96. The first-order chi connectivity index (χ1) is 8.08. The molecule has 0 bridgehead atoms. The molecule has 0 saturated heterocycles. The molecule has 2 rings (SSSR count). The van der Waals surface area contributed by atoms with Crippen molar-refractivity contribution in [2.45, 2.75) is 12.8 Å². The Bertz CT molecular complexity index is 536. The molecule has 1 heterocycles. The maximum atomic E-state index is 10.9. The van der Waals surface area contributed by atoms with Gasteiger partial charge in [-0.05, 0) is 19.1 Å². The highest BCUT2D eigenvalue weighted by Crippen LogP contribution is 2.27. The van der Waals surface area contributed by atoms with Crippen molar-refractivity contribution in [1.29, 1.82) is 0 Å². The minimum atomic E-state index is -0.846. The summed E-state index contributed by atoms with van der Waals surface area (Å²) in [6.45, 7) is 1.65.